The first-order chi connectivity index (χ1) is 8.33. The molecule has 0 amide bonds. The molecule has 0 saturated heterocycles. The monoisotopic (exact) mass is 246 g/mol. The Bertz CT molecular complexity index is 539. The van der Waals surface area contributed by atoms with E-state index in [4.69, 9.17) is 0 Å². The lowest BCUT2D eigenvalue weighted by Gasteiger charge is -2.14. The molecule has 0 saturated carbocycles. The third kappa shape index (κ3) is 1.55. The summed E-state index contributed by atoms with van der Waals surface area (Å²) in [5.74, 6) is 0.187. The molecule has 0 radical (unpaired) electrons. The Labute approximate surface area is 104 Å². The number of hydrogen-bond donors (Lipinski definition) is 0. The first kappa shape index (κ1) is 10.7. The van der Waals surface area contributed by atoms with Gasteiger partial charge in [-0.05, 0) is 11.8 Å². The molecule has 1 aromatic heterocycles. The lowest BCUT2D eigenvalue weighted by Crippen LogP contribution is -2.23. The fraction of sp³-hybridized carbons (Fsp3) is 0.385. The van der Waals surface area contributed by atoms with Crippen molar-refractivity contribution in [1.82, 2.24) is 0 Å². The van der Waals surface area contributed by atoms with E-state index in [1.165, 1.54) is 0 Å². The Kier molecular flexibility index (Phi) is 2.59. The molecule has 4 heteroatoms. The van der Waals surface area contributed by atoms with Crippen LogP contribution in [0.5, 0.6) is 0 Å². The molecule has 3 heterocycles. The maximum Gasteiger partial charge on any atom is 0.235 e. The minimum Gasteiger partial charge on any atom is -0.618 e. The van der Waals surface area contributed by atoms with Crippen LogP contribution in [0.4, 0.5) is 5.69 Å². The Balaban J connectivity index is 2.01. The zero-order valence-corrected chi connectivity index (χ0v) is 10.5. The van der Waals surface area contributed by atoms with Crippen molar-refractivity contribution in [3.05, 3.63) is 27.7 Å². The Hall–Kier alpha value is -1.42. The van der Waals surface area contributed by atoms with Crippen LogP contribution in [-0.4, -0.2) is 16.7 Å². The lowest BCUT2D eigenvalue weighted by atomic mass is 9.92. The van der Waals surface area contributed by atoms with Gasteiger partial charge in [-0.3, -0.25) is 4.99 Å². The molecule has 2 aliphatic heterocycles. The molecule has 0 N–H and O–H groups in total. The molecule has 1 atom stereocenters. The third-order valence-corrected chi connectivity index (χ3v) is 4.23. The second kappa shape index (κ2) is 4.11. The van der Waals surface area contributed by atoms with Gasteiger partial charge in [0, 0.05) is 18.5 Å². The van der Waals surface area contributed by atoms with Crippen LogP contribution in [0.1, 0.15) is 31.1 Å². The predicted molar refractivity (Wildman–Crippen MR) is 72.1 cm³/mol. The van der Waals surface area contributed by atoms with E-state index < -0.39 is 0 Å². The highest BCUT2D eigenvalue weighted by Gasteiger charge is 2.38. The highest BCUT2D eigenvalue weighted by atomic mass is 32.1. The van der Waals surface area contributed by atoms with Crippen molar-refractivity contribution in [2.75, 3.05) is 0 Å². The molecule has 0 bridgehead atoms. The zero-order valence-electron chi connectivity index (χ0n) is 9.72. The Morgan fingerprint density at radius 1 is 1.53 bits per heavy atom. The van der Waals surface area contributed by atoms with Gasteiger partial charge in [0.2, 0.25) is 11.4 Å². The molecule has 0 aliphatic carbocycles. The minimum absolute atomic E-state index is 0.187. The predicted octanol–water partition coefficient (Wildman–Crippen LogP) is 3.58. The lowest BCUT2D eigenvalue weighted by molar-refractivity contribution is -0.358. The van der Waals surface area contributed by atoms with Gasteiger partial charge in [0.15, 0.2) is 0 Å². The topological polar surface area (TPSA) is 38.4 Å². The van der Waals surface area contributed by atoms with Gasteiger partial charge in [0.05, 0.1) is 11.5 Å². The molecule has 0 aromatic carbocycles. The molecule has 1 aromatic rings. The van der Waals surface area contributed by atoms with E-state index >= 15 is 0 Å². The van der Waals surface area contributed by atoms with Gasteiger partial charge < -0.3 is 5.21 Å². The van der Waals surface area contributed by atoms with E-state index in [0.717, 1.165) is 45.9 Å². The normalized spacial score (nSPS) is 21.5. The number of nitrogens with zero attached hydrogens (tertiary/aromatic N) is 2. The quantitative estimate of drug-likeness (QED) is 0.593. The number of rotatable bonds is 3. The van der Waals surface area contributed by atoms with Crippen LogP contribution < -0.4 is 0 Å². The van der Waals surface area contributed by atoms with Gasteiger partial charge in [-0.2, -0.15) is 4.74 Å². The van der Waals surface area contributed by atoms with Crippen molar-refractivity contribution >= 4 is 34.5 Å². The summed E-state index contributed by atoms with van der Waals surface area (Å²) >= 11 is 1.62. The summed E-state index contributed by atoms with van der Waals surface area (Å²) in [6, 6.07) is 1.90. The first-order valence-corrected chi connectivity index (χ1v) is 6.86. The van der Waals surface area contributed by atoms with Gasteiger partial charge in [-0.1, -0.05) is 19.8 Å². The number of fused-ring (bicyclic) bond motifs is 3. The standard InChI is InChI=1S/C13H14N2OS/c1-2-3-4-9-7-14-8-10-12(9)15(16)11-5-6-17-13(10)11/h5-9H,2-4H2,1H3. The van der Waals surface area contributed by atoms with Gasteiger partial charge in [0.25, 0.3) is 0 Å². The molecular formula is C13H14N2OS. The van der Waals surface area contributed by atoms with Crippen LogP contribution in [0, 0.1) is 11.1 Å². The van der Waals surface area contributed by atoms with Gasteiger partial charge in [-0.15, -0.1) is 11.3 Å². The summed E-state index contributed by atoms with van der Waals surface area (Å²) in [7, 11) is 0. The SMILES string of the molecule is CCCCC1C=NC=C2C1=[N+]([O-])c1ccsc12. The summed E-state index contributed by atoms with van der Waals surface area (Å²) in [6.45, 7) is 2.17. The molecule has 3 rings (SSSR count). The van der Waals surface area contributed by atoms with E-state index in [1.54, 1.807) is 11.3 Å². The van der Waals surface area contributed by atoms with Crippen molar-refractivity contribution in [1.29, 1.82) is 0 Å². The van der Waals surface area contributed by atoms with Crippen LogP contribution >= 0.6 is 11.3 Å². The molecular weight excluding hydrogens is 232 g/mol. The number of hydrogen-bond acceptors (Lipinski definition) is 3. The largest absolute Gasteiger partial charge is 0.618 e. The highest BCUT2D eigenvalue weighted by molar-refractivity contribution is 7.12. The van der Waals surface area contributed by atoms with Crippen molar-refractivity contribution < 1.29 is 4.74 Å². The van der Waals surface area contributed by atoms with Crippen LogP contribution in [0.2, 0.25) is 0 Å². The van der Waals surface area contributed by atoms with Crippen molar-refractivity contribution in [3.8, 4) is 0 Å². The van der Waals surface area contributed by atoms with Gasteiger partial charge in [0.1, 0.15) is 4.88 Å². The maximum absolute atomic E-state index is 12.2. The average Bonchev–Trinajstić information content (AvgIpc) is 2.91. The fourth-order valence-electron chi connectivity index (χ4n) is 2.42. The summed E-state index contributed by atoms with van der Waals surface area (Å²) in [6.07, 6.45) is 7.04. The number of allylic oxidation sites excluding steroid dienone is 1. The van der Waals surface area contributed by atoms with E-state index in [9.17, 15) is 5.21 Å². The number of aliphatic imine (C=N–C) groups is 1. The number of unbranched alkanes of at least 4 members (excludes halogenated alkanes) is 1. The molecule has 0 spiro atoms. The van der Waals surface area contributed by atoms with Gasteiger partial charge >= 0.3 is 0 Å². The smallest absolute Gasteiger partial charge is 0.235 e. The molecule has 1 unspecified atom stereocenters. The summed E-state index contributed by atoms with van der Waals surface area (Å²) in [4.78, 5) is 5.38. The van der Waals surface area contributed by atoms with Crippen LogP contribution in [0.25, 0.3) is 5.57 Å². The van der Waals surface area contributed by atoms with Gasteiger partial charge in [-0.25, -0.2) is 0 Å². The van der Waals surface area contributed by atoms with E-state index in [-0.39, 0.29) is 5.92 Å². The fourth-order valence-corrected chi connectivity index (χ4v) is 3.31. The minimum atomic E-state index is 0.187. The molecule has 17 heavy (non-hydrogen) atoms. The first-order valence-electron chi connectivity index (χ1n) is 5.98. The van der Waals surface area contributed by atoms with Crippen molar-refractivity contribution in [2.45, 2.75) is 26.2 Å². The zero-order chi connectivity index (χ0) is 11.8. The van der Waals surface area contributed by atoms with Crippen LogP contribution in [0.3, 0.4) is 0 Å². The Morgan fingerprint density at radius 2 is 2.41 bits per heavy atom. The second-order valence-electron chi connectivity index (χ2n) is 4.40. The average molecular weight is 246 g/mol. The van der Waals surface area contributed by atoms with Crippen molar-refractivity contribution in [3.63, 3.8) is 0 Å². The van der Waals surface area contributed by atoms with E-state index in [2.05, 4.69) is 11.9 Å². The van der Waals surface area contributed by atoms with Crippen LogP contribution in [0.15, 0.2) is 22.6 Å². The molecule has 0 fully saturated rings. The summed E-state index contributed by atoms with van der Waals surface area (Å²) in [5.41, 5.74) is 2.73. The van der Waals surface area contributed by atoms with Crippen molar-refractivity contribution in [2.24, 2.45) is 10.9 Å². The molecule has 2 aliphatic rings. The van der Waals surface area contributed by atoms with E-state index in [1.807, 2.05) is 23.9 Å². The third-order valence-electron chi connectivity index (χ3n) is 3.29. The van der Waals surface area contributed by atoms with Crippen LogP contribution in [-0.2, 0) is 0 Å². The molecule has 3 nitrogen and oxygen atoms in total. The molecule has 88 valence electrons. The van der Waals surface area contributed by atoms with E-state index in [0.29, 0.717) is 0 Å². The summed E-state index contributed by atoms with van der Waals surface area (Å²) < 4.78 is 1.10. The second-order valence-corrected chi connectivity index (χ2v) is 5.32. The maximum atomic E-state index is 12.2. The highest BCUT2D eigenvalue weighted by Crippen LogP contribution is 2.41. The number of thiophene rings is 1. The Morgan fingerprint density at radius 3 is 3.24 bits per heavy atom. The summed E-state index contributed by atoms with van der Waals surface area (Å²) in [5, 5.41) is 14.2.